The second-order valence-electron chi connectivity index (χ2n) is 3.06. The molecule has 0 aliphatic heterocycles. The maximum atomic E-state index is 5.96. The van der Waals surface area contributed by atoms with Crippen molar-refractivity contribution in [1.29, 1.82) is 0 Å². The number of aromatic nitrogens is 2. The van der Waals surface area contributed by atoms with Crippen LogP contribution in [0, 0.1) is 0 Å². The molecule has 0 spiro atoms. The summed E-state index contributed by atoms with van der Waals surface area (Å²) in [6.07, 6.45) is 1.51. The number of hydrogen-bond donors (Lipinski definition) is 0. The van der Waals surface area contributed by atoms with E-state index in [4.69, 9.17) is 32.7 Å². The summed E-state index contributed by atoms with van der Waals surface area (Å²) in [5.74, 6) is 1.48. The van der Waals surface area contributed by atoms with Crippen molar-refractivity contribution in [2.75, 3.05) is 7.11 Å². The Hall–Kier alpha value is -1.52. The Morgan fingerprint density at radius 3 is 2.65 bits per heavy atom. The molecular weight excluding hydrogens is 263 g/mol. The van der Waals surface area contributed by atoms with E-state index < -0.39 is 0 Å². The molecule has 1 aromatic heterocycles. The predicted molar refractivity (Wildman–Crippen MR) is 65.1 cm³/mol. The van der Waals surface area contributed by atoms with Gasteiger partial charge < -0.3 is 9.47 Å². The molecule has 0 fully saturated rings. The summed E-state index contributed by atoms with van der Waals surface area (Å²) in [7, 11) is 1.55. The number of methoxy groups -OCH3 is 1. The van der Waals surface area contributed by atoms with Gasteiger partial charge in [-0.2, -0.15) is 4.98 Å². The van der Waals surface area contributed by atoms with Gasteiger partial charge in [0.05, 0.1) is 12.1 Å². The Morgan fingerprint density at radius 1 is 1.18 bits per heavy atom. The number of rotatable bonds is 3. The molecule has 6 heteroatoms. The van der Waals surface area contributed by atoms with Crippen LogP contribution in [-0.4, -0.2) is 17.1 Å². The lowest BCUT2D eigenvalue weighted by atomic mass is 10.3. The Balaban J connectivity index is 2.22. The fourth-order valence-electron chi connectivity index (χ4n) is 1.21. The van der Waals surface area contributed by atoms with Gasteiger partial charge in [0.2, 0.25) is 11.2 Å². The van der Waals surface area contributed by atoms with Crippen LogP contribution in [0.2, 0.25) is 10.3 Å². The lowest BCUT2D eigenvalue weighted by Gasteiger charge is -2.07. The number of hydrogen-bond acceptors (Lipinski definition) is 4. The van der Waals surface area contributed by atoms with E-state index in [9.17, 15) is 0 Å². The minimum atomic E-state index is 0.127. The molecule has 1 aromatic carbocycles. The van der Waals surface area contributed by atoms with Crippen LogP contribution in [0.3, 0.4) is 0 Å². The highest BCUT2D eigenvalue weighted by atomic mass is 35.5. The summed E-state index contributed by atoms with van der Waals surface area (Å²) in [6.45, 7) is 0. The molecule has 0 amide bonds. The summed E-state index contributed by atoms with van der Waals surface area (Å²) in [4.78, 5) is 7.65. The largest absolute Gasteiger partial charge is 0.495 e. The Kier molecular flexibility index (Phi) is 3.66. The van der Waals surface area contributed by atoms with Crippen molar-refractivity contribution in [2.45, 2.75) is 0 Å². The molecule has 0 saturated heterocycles. The molecule has 88 valence electrons. The van der Waals surface area contributed by atoms with Crippen LogP contribution in [-0.2, 0) is 0 Å². The molecule has 0 atom stereocenters. The van der Waals surface area contributed by atoms with Crippen LogP contribution in [0.25, 0.3) is 0 Å². The van der Waals surface area contributed by atoms with E-state index in [1.165, 1.54) is 6.20 Å². The van der Waals surface area contributed by atoms with Crippen LogP contribution < -0.4 is 9.47 Å². The van der Waals surface area contributed by atoms with Crippen molar-refractivity contribution >= 4 is 23.2 Å². The standard InChI is InChI=1S/C11H8Cl2N2O2/c1-16-9-3-2-7(6-8(9)12)17-10-4-5-14-11(13)15-10/h2-6H,1H3. The van der Waals surface area contributed by atoms with E-state index in [0.717, 1.165) is 0 Å². The summed E-state index contributed by atoms with van der Waals surface area (Å²) in [5, 5.41) is 0.590. The first-order valence-corrected chi connectivity index (χ1v) is 5.44. The van der Waals surface area contributed by atoms with Crippen LogP contribution >= 0.6 is 23.2 Å². The number of ether oxygens (including phenoxy) is 2. The van der Waals surface area contributed by atoms with Crippen molar-refractivity contribution in [3.05, 3.63) is 40.8 Å². The molecule has 17 heavy (non-hydrogen) atoms. The van der Waals surface area contributed by atoms with Crippen molar-refractivity contribution < 1.29 is 9.47 Å². The highest BCUT2D eigenvalue weighted by Crippen LogP contribution is 2.30. The topological polar surface area (TPSA) is 44.2 Å². The molecule has 4 nitrogen and oxygen atoms in total. The zero-order chi connectivity index (χ0) is 12.3. The van der Waals surface area contributed by atoms with Gasteiger partial charge in [-0.15, -0.1) is 0 Å². The molecule has 0 aliphatic rings. The fourth-order valence-corrected chi connectivity index (χ4v) is 1.60. The highest BCUT2D eigenvalue weighted by molar-refractivity contribution is 6.32. The SMILES string of the molecule is COc1ccc(Oc2ccnc(Cl)n2)cc1Cl. The van der Waals surface area contributed by atoms with Gasteiger partial charge in [0.15, 0.2) is 0 Å². The van der Waals surface area contributed by atoms with E-state index in [-0.39, 0.29) is 5.28 Å². The van der Waals surface area contributed by atoms with Crippen LogP contribution in [0.4, 0.5) is 0 Å². The summed E-state index contributed by atoms with van der Waals surface area (Å²) in [6, 6.07) is 6.67. The van der Waals surface area contributed by atoms with Gasteiger partial charge in [-0.3, -0.25) is 0 Å². The maximum Gasteiger partial charge on any atom is 0.225 e. The zero-order valence-electron chi connectivity index (χ0n) is 8.85. The minimum Gasteiger partial charge on any atom is -0.495 e. The molecule has 0 aliphatic carbocycles. The van der Waals surface area contributed by atoms with Gasteiger partial charge in [0.25, 0.3) is 0 Å². The lowest BCUT2D eigenvalue weighted by molar-refractivity contribution is 0.412. The van der Waals surface area contributed by atoms with Crippen molar-refractivity contribution in [3.63, 3.8) is 0 Å². The third kappa shape index (κ3) is 2.99. The molecule has 2 aromatic rings. The van der Waals surface area contributed by atoms with Gasteiger partial charge >= 0.3 is 0 Å². The third-order valence-electron chi connectivity index (χ3n) is 1.95. The molecular formula is C11H8Cl2N2O2. The van der Waals surface area contributed by atoms with Crippen molar-refractivity contribution in [3.8, 4) is 17.4 Å². The lowest BCUT2D eigenvalue weighted by Crippen LogP contribution is -1.90. The number of nitrogens with zero attached hydrogens (tertiary/aromatic N) is 2. The third-order valence-corrected chi connectivity index (χ3v) is 2.42. The predicted octanol–water partition coefficient (Wildman–Crippen LogP) is 3.58. The van der Waals surface area contributed by atoms with Crippen molar-refractivity contribution in [1.82, 2.24) is 9.97 Å². The average molecular weight is 271 g/mol. The van der Waals surface area contributed by atoms with Gasteiger partial charge in [0, 0.05) is 18.3 Å². The van der Waals surface area contributed by atoms with E-state index in [2.05, 4.69) is 9.97 Å². The maximum absolute atomic E-state index is 5.96. The molecule has 1 heterocycles. The first kappa shape index (κ1) is 12.0. The average Bonchev–Trinajstić information content (AvgIpc) is 2.29. The molecule has 0 radical (unpaired) electrons. The zero-order valence-corrected chi connectivity index (χ0v) is 10.4. The normalized spacial score (nSPS) is 10.1. The second kappa shape index (κ2) is 5.21. The van der Waals surface area contributed by atoms with Gasteiger partial charge in [-0.25, -0.2) is 4.98 Å². The van der Waals surface area contributed by atoms with Crippen LogP contribution in [0.15, 0.2) is 30.5 Å². The van der Waals surface area contributed by atoms with Crippen LogP contribution in [0.1, 0.15) is 0 Å². The molecule has 0 N–H and O–H groups in total. The first-order valence-electron chi connectivity index (χ1n) is 4.69. The van der Waals surface area contributed by atoms with E-state index >= 15 is 0 Å². The Morgan fingerprint density at radius 2 is 2.00 bits per heavy atom. The second-order valence-corrected chi connectivity index (χ2v) is 3.81. The minimum absolute atomic E-state index is 0.127. The van der Waals surface area contributed by atoms with E-state index in [0.29, 0.717) is 22.4 Å². The van der Waals surface area contributed by atoms with Gasteiger partial charge in [-0.05, 0) is 23.7 Å². The van der Waals surface area contributed by atoms with Crippen LogP contribution in [0.5, 0.6) is 17.4 Å². The summed E-state index contributed by atoms with van der Waals surface area (Å²) >= 11 is 11.6. The Labute approximate surface area is 108 Å². The number of halogens is 2. The summed E-state index contributed by atoms with van der Waals surface area (Å²) in [5.41, 5.74) is 0. The van der Waals surface area contributed by atoms with E-state index in [1.807, 2.05) is 0 Å². The quantitative estimate of drug-likeness (QED) is 0.800. The fraction of sp³-hybridized carbons (Fsp3) is 0.0909. The molecule has 0 bridgehead atoms. The number of benzene rings is 1. The van der Waals surface area contributed by atoms with Crippen molar-refractivity contribution in [2.24, 2.45) is 0 Å². The van der Waals surface area contributed by atoms with Gasteiger partial charge in [-0.1, -0.05) is 11.6 Å². The molecule has 2 rings (SSSR count). The first-order chi connectivity index (χ1) is 8.19. The molecule has 0 saturated carbocycles. The van der Waals surface area contributed by atoms with Gasteiger partial charge in [0.1, 0.15) is 11.5 Å². The smallest absolute Gasteiger partial charge is 0.225 e. The van der Waals surface area contributed by atoms with E-state index in [1.54, 1.807) is 31.4 Å². The molecule has 0 unspecified atom stereocenters. The summed E-state index contributed by atoms with van der Waals surface area (Å²) < 4.78 is 10.5. The highest BCUT2D eigenvalue weighted by Gasteiger charge is 2.04. The monoisotopic (exact) mass is 270 g/mol. The Bertz CT molecular complexity index is 535.